The van der Waals surface area contributed by atoms with Crippen LogP contribution in [-0.2, 0) is 10.8 Å². The Balaban J connectivity index is 0.944. The lowest BCUT2D eigenvalue weighted by atomic mass is 9.33. The summed E-state index contributed by atoms with van der Waals surface area (Å²) >= 11 is 0. The molecule has 6 aliphatic rings. The Morgan fingerprint density at radius 1 is 0.275 bits per heavy atom. The Kier molecular flexibility index (Phi) is 15.2. The summed E-state index contributed by atoms with van der Waals surface area (Å²) < 4.78 is 0. The predicted octanol–water partition coefficient (Wildman–Crippen LogP) is 26.4. The fraction of sp³-hybridized carbons (Fsp3) is 0.162. The maximum atomic E-state index is 2.97. The van der Waals surface area contributed by atoms with Crippen LogP contribution in [-0.4, -0.2) is 18.8 Å². The molecule has 0 N–H and O–H groups in total. The number of nitrogens with zero attached hydrogens (tertiary/aromatic N) is 3. The zero-order chi connectivity index (χ0) is 73.0. The highest BCUT2D eigenvalue weighted by atomic mass is 15.2. The summed E-state index contributed by atoms with van der Waals surface area (Å²) in [6.07, 6.45) is 6.29. The van der Waals surface area contributed by atoms with Gasteiger partial charge in [-0.05, 0) is 242 Å². The first-order chi connectivity index (χ1) is 53.3. The normalized spacial score (nSPS) is 17.0. The third-order valence-electron chi connectivity index (χ3n) is 25.2. The number of anilines is 7. The summed E-state index contributed by atoms with van der Waals surface area (Å²) in [5.41, 5.74) is 33.7. The molecule has 16 aromatic carbocycles. The van der Waals surface area contributed by atoms with Crippen molar-refractivity contribution in [2.45, 2.75) is 96.6 Å². The molecule has 3 nitrogen and oxygen atoms in total. The molecule has 0 aromatic heterocycles. The van der Waals surface area contributed by atoms with E-state index in [9.17, 15) is 0 Å². The molecule has 2 saturated carbocycles. The minimum atomic E-state index is -0.226. The van der Waals surface area contributed by atoms with Crippen LogP contribution in [0.5, 0.6) is 0 Å². The van der Waals surface area contributed by atoms with E-state index in [-0.39, 0.29) is 17.5 Å². The van der Waals surface area contributed by atoms with E-state index in [0.717, 1.165) is 34.3 Å². The third kappa shape index (κ3) is 10.9. The number of benzene rings is 16. The summed E-state index contributed by atoms with van der Waals surface area (Å²) in [5.74, 6) is 1.52. The quantitative estimate of drug-likeness (QED) is 0.0944. The molecule has 2 aliphatic carbocycles. The smallest absolute Gasteiger partial charge is 0.252 e. The van der Waals surface area contributed by atoms with Crippen LogP contribution in [0.1, 0.15) is 84.8 Å². The van der Waals surface area contributed by atoms with E-state index in [1.165, 1.54) is 198 Å². The molecule has 4 aliphatic heterocycles. The van der Waals surface area contributed by atoms with Gasteiger partial charge in [-0.15, -0.1) is 0 Å². The number of rotatable bonds is 11. The van der Waals surface area contributed by atoms with Crippen molar-refractivity contribution in [2.24, 2.45) is 11.8 Å². The van der Waals surface area contributed by atoms with Gasteiger partial charge in [0.05, 0.1) is 11.4 Å². The van der Waals surface area contributed by atoms with E-state index in [0.29, 0.717) is 12.1 Å². The molecule has 4 heteroatoms. The Labute approximate surface area is 641 Å². The molecule has 0 unspecified atom stereocenters. The SMILES string of the molecule is CC(C)(C)c1cc2ccc3cc(C(C)(C)C)cc4c(-c5ccc6c(c5)N(c5c(-c7ccccc7)cc(-c7ccccc7)cc5-c5ccccc5)c5cc(N7C8CC9CC(C8)CC7C9)cc7c5B6c5cc(-c6ccccc6)ccc5N7c5c(-c6ccccc6)cc(-c6ccccc6)cc5-c5ccccc5)cc(c1)c2c34. The molecule has 16 aromatic rings. The van der Waals surface area contributed by atoms with Crippen molar-refractivity contribution >= 4 is 95.2 Å². The van der Waals surface area contributed by atoms with E-state index in [2.05, 4.69) is 384 Å². The van der Waals surface area contributed by atoms with Crippen molar-refractivity contribution in [2.75, 3.05) is 14.7 Å². The van der Waals surface area contributed by atoms with Gasteiger partial charge in [0.2, 0.25) is 0 Å². The molecule has 4 fully saturated rings. The minimum absolute atomic E-state index is 0.0677. The Morgan fingerprint density at radius 3 is 1.12 bits per heavy atom. The fourth-order valence-corrected chi connectivity index (χ4v) is 20.3. The third-order valence-corrected chi connectivity index (χ3v) is 25.2. The highest BCUT2D eigenvalue weighted by molar-refractivity contribution is 7.00. The molecular formula is C105H86BN3. The zero-order valence-corrected chi connectivity index (χ0v) is 62.9. The van der Waals surface area contributed by atoms with E-state index >= 15 is 0 Å². The lowest BCUT2D eigenvalue weighted by Gasteiger charge is -2.58. The second-order valence-corrected chi connectivity index (χ2v) is 34.0. The van der Waals surface area contributed by atoms with Crippen molar-refractivity contribution in [3.63, 3.8) is 0 Å². The molecule has 4 heterocycles. The summed E-state index contributed by atoms with van der Waals surface area (Å²) in [5, 5.41) is 7.83. The van der Waals surface area contributed by atoms with Crippen molar-refractivity contribution in [3.8, 4) is 89.0 Å². The van der Waals surface area contributed by atoms with Gasteiger partial charge in [-0.3, -0.25) is 0 Å². The Morgan fingerprint density at radius 2 is 0.670 bits per heavy atom. The number of hydrogen-bond donors (Lipinski definition) is 0. The van der Waals surface area contributed by atoms with Gasteiger partial charge in [0, 0.05) is 62.8 Å². The van der Waals surface area contributed by atoms with Gasteiger partial charge in [-0.1, -0.05) is 308 Å². The number of hydrogen-bond acceptors (Lipinski definition) is 3. The van der Waals surface area contributed by atoms with Crippen molar-refractivity contribution < 1.29 is 0 Å². The first kappa shape index (κ1) is 65.3. The van der Waals surface area contributed by atoms with Gasteiger partial charge in [0.15, 0.2) is 0 Å². The predicted molar refractivity (Wildman–Crippen MR) is 465 cm³/mol. The monoisotopic (exact) mass is 1400 g/mol. The molecule has 22 rings (SSSR count). The van der Waals surface area contributed by atoms with Gasteiger partial charge in [-0.25, -0.2) is 0 Å². The molecule has 109 heavy (non-hydrogen) atoms. The van der Waals surface area contributed by atoms with Crippen LogP contribution >= 0.6 is 0 Å². The van der Waals surface area contributed by atoms with Crippen LogP contribution in [0.25, 0.3) is 121 Å². The maximum absolute atomic E-state index is 2.97. The lowest BCUT2D eigenvalue weighted by Crippen LogP contribution is -2.62. The van der Waals surface area contributed by atoms with Crippen molar-refractivity contribution in [3.05, 3.63) is 339 Å². The van der Waals surface area contributed by atoms with Gasteiger partial charge in [0.1, 0.15) is 0 Å². The number of fused-ring (bicyclic) bond motifs is 4. The molecule has 0 spiro atoms. The minimum Gasteiger partial charge on any atom is -0.365 e. The van der Waals surface area contributed by atoms with Gasteiger partial charge >= 0.3 is 0 Å². The molecule has 0 amide bonds. The van der Waals surface area contributed by atoms with Crippen molar-refractivity contribution in [1.29, 1.82) is 0 Å². The fourth-order valence-electron chi connectivity index (χ4n) is 20.3. The highest BCUT2D eigenvalue weighted by Crippen LogP contribution is 2.58. The lowest BCUT2D eigenvalue weighted by molar-refractivity contribution is 0.0900. The van der Waals surface area contributed by atoms with Crippen LogP contribution in [0, 0.1) is 11.8 Å². The summed E-state index contributed by atoms with van der Waals surface area (Å²) in [6, 6.07) is 127. The second-order valence-electron chi connectivity index (χ2n) is 34.0. The second kappa shape index (κ2) is 25.3. The first-order valence-corrected chi connectivity index (χ1v) is 39.6. The van der Waals surface area contributed by atoms with E-state index in [4.69, 9.17) is 0 Å². The molecule has 524 valence electrons. The standard InChI is InChI=1S/C105H86BN3/c1-104(2,3)82-53-77-42-43-78-54-83(105(4,5)6)63-92-87(60-81(55-82)99(77)100(78)92)76-44-46-93-96(62-76)109(103-90(73-38-24-12-25-39-73)58-80(70-32-18-9-19-33-70)59-91(103)74-40-26-13-27-41-74)98-65-86(107-84-49-66-48-67(51-84)52-85(107)50-66)64-97-101(98)106(93)94-61-75(68-28-14-7-15-29-68)45-47-95(94)108(97)102-88(71-34-20-10-21-35-71)56-79(69-30-16-8-17-31-69)57-89(102)72-36-22-11-23-37-72/h7-47,53-67,84-85H,48-52H2,1-6H3. The summed E-state index contributed by atoms with van der Waals surface area (Å²) in [6.45, 7) is 14.0. The molecule has 4 bridgehead atoms. The molecule has 0 radical (unpaired) electrons. The van der Waals surface area contributed by atoms with E-state index in [1.54, 1.807) is 0 Å². The van der Waals surface area contributed by atoms with Crippen LogP contribution in [0.3, 0.4) is 0 Å². The van der Waals surface area contributed by atoms with Gasteiger partial charge in [0.25, 0.3) is 6.71 Å². The van der Waals surface area contributed by atoms with Crippen molar-refractivity contribution in [1.82, 2.24) is 0 Å². The van der Waals surface area contributed by atoms with Crippen LogP contribution in [0.2, 0.25) is 0 Å². The van der Waals surface area contributed by atoms with Crippen LogP contribution in [0.15, 0.2) is 328 Å². The first-order valence-electron chi connectivity index (χ1n) is 39.6. The average molecular weight is 1400 g/mol. The summed E-state index contributed by atoms with van der Waals surface area (Å²) in [4.78, 5) is 8.57. The topological polar surface area (TPSA) is 9.72 Å². The summed E-state index contributed by atoms with van der Waals surface area (Å²) in [7, 11) is 0. The van der Waals surface area contributed by atoms with E-state index < -0.39 is 0 Å². The van der Waals surface area contributed by atoms with Crippen LogP contribution in [0.4, 0.5) is 39.8 Å². The number of piperidine rings is 2. The van der Waals surface area contributed by atoms with Gasteiger partial charge in [-0.2, -0.15) is 0 Å². The Bertz CT molecular complexity index is 6090. The zero-order valence-electron chi connectivity index (χ0n) is 62.9. The van der Waals surface area contributed by atoms with Gasteiger partial charge < -0.3 is 14.7 Å². The van der Waals surface area contributed by atoms with E-state index in [1.807, 2.05) is 0 Å². The maximum Gasteiger partial charge on any atom is 0.252 e. The Hall–Kier alpha value is -12.0. The molecular weight excluding hydrogens is 1310 g/mol. The average Bonchev–Trinajstić information content (AvgIpc) is 0.685. The molecule has 2 saturated heterocycles. The highest BCUT2D eigenvalue weighted by Gasteiger charge is 2.50. The molecule has 0 atom stereocenters. The van der Waals surface area contributed by atoms with Crippen LogP contribution < -0.4 is 31.1 Å². The largest absolute Gasteiger partial charge is 0.365 e.